The molecule has 2 amide bonds. The quantitative estimate of drug-likeness (QED) is 0.761. The van der Waals surface area contributed by atoms with Gasteiger partial charge in [0.2, 0.25) is 5.54 Å². The molecule has 0 radical (unpaired) electrons. The van der Waals surface area contributed by atoms with Gasteiger partial charge in [0, 0.05) is 31.1 Å². The first kappa shape index (κ1) is 22.4. The number of nitrogens with zero attached hydrogens (tertiary/aromatic N) is 2. The van der Waals surface area contributed by atoms with Gasteiger partial charge in [0.1, 0.15) is 0 Å². The van der Waals surface area contributed by atoms with E-state index >= 15 is 0 Å². The summed E-state index contributed by atoms with van der Waals surface area (Å²) in [6.45, 7) is 3.91. The highest BCUT2D eigenvalue weighted by Gasteiger charge is 2.71. The first-order valence-corrected chi connectivity index (χ1v) is 10.5. The van der Waals surface area contributed by atoms with Crippen molar-refractivity contribution in [1.82, 2.24) is 15.2 Å². The molecular weight excluding hydrogens is 427 g/mol. The third-order valence-corrected chi connectivity index (χ3v) is 6.18. The second kappa shape index (κ2) is 7.68. The standard InChI is InChI=1S/C22H24F3N3O4/c1-20(2)9-15-17(16(29)10-20)21(22(23,24)25,27-18(30)13-5-3-7-26-11-13)19(31)28(15)12-14-6-4-8-32-14/h3,5,7,11,14H,4,6,8-10,12H2,1-2H3,(H,27,30)/t14-,21+/m1/s1. The van der Waals surface area contributed by atoms with Crippen molar-refractivity contribution < 1.29 is 32.3 Å². The summed E-state index contributed by atoms with van der Waals surface area (Å²) in [4.78, 5) is 44.1. The zero-order valence-electron chi connectivity index (χ0n) is 17.8. The number of ether oxygens (including phenoxy) is 1. The Hall–Kier alpha value is -2.75. The van der Waals surface area contributed by atoms with Crippen molar-refractivity contribution in [2.45, 2.75) is 57.3 Å². The van der Waals surface area contributed by atoms with Gasteiger partial charge in [0.25, 0.3) is 11.8 Å². The van der Waals surface area contributed by atoms with E-state index in [4.69, 9.17) is 4.74 Å². The zero-order valence-corrected chi connectivity index (χ0v) is 17.8. The number of hydrogen-bond donors (Lipinski definition) is 1. The Balaban J connectivity index is 1.84. The number of aromatic nitrogens is 1. The van der Waals surface area contributed by atoms with Crippen LogP contribution >= 0.6 is 0 Å². The number of amides is 2. The number of rotatable bonds is 4. The van der Waals surface area contributed by atoms with Crippen LogP contribution in [0.3, 0.4) is 0 Å². The molecule has 1 fully saturated rings. The van der Waals surface area contributed by atoms with E-state index in [2.05, 4.69) is 4.98 Å². The molecule has 0 aromatic carbocycles. The van der Waals surface area contributed by atoms with E-state index in [-0.39, 0.29) is 30.6 Å². The number of Topliss-reactive ketones (excluding diaryl/α,β-unsaturated/α-hetero) is 1. The number of alkyl halides is 3. The van der Waals surface area contributed by atoms with E-state index in [1.165, 1.54) is 18.3 Å². The zero-order chi connectivity index (χ0) is 23.3. The van der Waals surface area contributed by atoms with Crippen LogP contribution in [0.5, 0.6) is 0 Å². The molecule has 1 aliphatic carbocycles. The lowest BCUT2D eigenvalue weighted by Crippen LogP contribution is -2.66. The van der Waals surface area contributed by atoms with Crippen molar-refractivity contribution in [1.29, 1.82) is 0 Å². The van der Waals surface area contributed by atoms with E-state index in [0.29, 0.717) is 13.0 Å². The summed E-state index contributed by atoms with van der Waals surface area (Å²) in [5, 5.41) is 1.90. The van der Waals surface area contributed by atoms with Gasteiger partial charge in [-0.15, -0.1) is 0 Å². The summed E-state index contributed by atoms with van der Waals surface area (Å²) >= 11 is 0. The van der Waals surface area contributed by atoms with Crippen LogP contribution in [0, 0.1) is 5.41 Å². The van der Waals surface area contributed by atoms with Gasteiger partial charge in [-0.1, -0.05) is 13.8 Å². The van der Waals surface area contributed by atoms with Crippen LogP contribution in [-0.2, 0) is 14.3 Å². The average molecular weight is 451 g/mol. The van der Waals surface area contributed by atoms with Crippen LogP contribution in [0.25, 0.3) is 0 Å². The van der Waals surface area contributed by atoms with Crippen molar-refractivity contribution >= 4 is 17.6 Å². The fourth-order valence-corrected chi connectivity index (χ4v) is 4.75. The second-order valence-electron chi connectivity index (χ2n) is 9.26. The van der Waals surface area contributed by atoms with Crippen molar-refractivity contribution in [2.24, 2.45) is 5.41 Å². The molecule has 1 aromatic rings. The molecule has 3 aliphatic rings. The Labute approximate surface area is 183 Å². The number of nitrogens with one attached hydrogen (secondary N) is 1. The fourth-order valence-electron chi connectivity index (χ4n) is 4.75. The molecule has 3 heterocycles. The molecule has 32 heavy (non-hydrogen) atoms. The Morgan fingerprint density at radius 1 is 1.31 bits per heavy atom. The van der Waals surface area contributed by atoms with Crippen LogP contribution < -0.4 is 5.32 Å². The molecule has 0 saturated carbocycles. The number of carbonyl (C=O) groups is 3. The topological polar surface area (TPSA) is 88.6 Å². The normalized spacial score (nSPS) is 27.7. The number of ketones is 1. The van der Waals surface area contributed by atoms with Crippen LogP contribution in [0.1, 0.15) is 49.9 Å². The van der Waals surface area contributed by atoms with Gasteiger partial charge in [-0.05, 0) is 36.8 Å². The summed E-state index contributed by atoms with van der Waals surface area (Å²) in [6, 6.07) is 2.69. The predicted molar refractivity (Wildman–Crippen MR) is 106 cm³/mol. The highest BCUT2D eigenvalue weighted by atomic mass is 19.4. The van der Waals surface area contributed by atoms with Crippen LogP contribution in [-0.4, -0.2) is 58.5 Å². The molecular formula is C22H24F3N3O4. The molecule has 2 aliphatic heterocycles. The molecule has 1 aromatic heterocycles. The summed E-state index contributed by atoms with van der Waals surface area (Å²) in [7, 11) is 0. The molecule has 1 saturated heterocycles. The third kappa shape index (κ3) is 3.60. The number of hydrogen-bond acceptors (Lipinski definition) is 5. The number of halogens is 3. The highest BCUT2D eigenvalue weighted by molar-refractivity contribution is 6.14. The van der Waals surface area contributed by atoms with Crippen molar-refractivity contribution in [3.05, 3.63) is 41.4 Å². The molecule has 0 spiro atoms. The lowest BCUT2D eigenvalue weighted by molar-refractivity contribution is -0.191. The molecule has 172 valence electrons. The summed E-state index contributed by atoms with van der Waals surface area (Å²) < 4.78 is 49.6. The maximum atomic E-state index is 14.7. The van der Waals surface area contributed by atoms with Gasteiger partial charge in [-0.2, -0.15) is 13.2 Å². The van der Waals surface area contributed by atoms with Crippen LogP contribution in [0.2, 0.25) is 0 Å². The smallest absolute Gasteiger partial charge is 0.376 e. The number of pyridine rings is 1. The molecule has 2 atom stereocenters. The van der Waals surface area contributed by atoms with Crippen molar-refractivity contribution in [2.75, 3.05) is 13.2 Å². The van der Waals surface area contributed by atoms with E-state index < -0.39 is 46.4 Å². The number of allylic oxidation sites excluding steroid dienone is 1. The van der Waals surface area contributed by atoms with Crippen molar-refractivity contribution in [3.8, 4) is 0 Å². The third-order valence-electron chi connectivity index (χ3n) is 6.18. The van der Waals surface area contributed by atoms with Gasteiger partial charge >= 0.3 is 6.18 Å². The predicted octanol–water partition coefficient (Wildman–Crippen LogP) is 2.78. The Morgan fingerprint density at radius 2 is 2.06 bits per heavy atom. The minimum atomic E-state index is -5.23. The van der Waals surface area contributed by atoms with E-state index in [0.717, 1.165) is 17.5 Å². The van der Waals surface area contributed by atoms with E-state index in [9.17, 15) is 27.6 Å². The first-order valence-electron chi connectivity index (χ1n) is 10.5. The molecule has 0 unspecified atom stereocenters. The van der Waals surface area contributed by atoms with E-state index in [1.807, 2.05) is 5.32 Å². The molecule has 1 N–H and O–H groups in total. The van der Waals surface area contributed by atoms with Gasteiger partial charge in [-0.25, -0.2) is 0 Å². The molecule has 7 nitrogen and oxygen atoms in total. The largest absolute Gasteiger partial charge is 0.425 e. The Morgan fingerprint density at radius 3 is 2.66 bits per heavy atom. The lowest BCUT2D eigenvalue weighted by Gasteiger charge is -2.35. The van der Waals surface area contributed by atoms with Crippen LogP contribution in [0.4, 0.5) is 13.2 Å². The maximum Gasteiger partial charge on any atom is 0.425 e. The van der Waals surface area contributed by atoms with Gasteiger partial charge in [-0.3, -0.25) is 19.4 Å². The minimum Gasteiger partial charge on any atom is -0.376 e. The number of carbonyl (C=O) groups excluding carboxylic acids is 3. The minimum absolute atomic E-state index is 0.0237. The fraction of sp³-hybridized carbons (Fsp3) is 0.545. The maximum absolute atomic E-state index is 14.7. The van der Waals surface area contributed by atoms with Gasteiger partial charge < -0.3 is 15.0 Å². The van der Waals surface area contributed by atoms with Gasteiger partial charge in [0.15, 0.2) is 5.78 Å². The molecule has 0 bridgehead atoms. The van der Waals surface area contributed by atoms with Gasteiger partial charge in [0.05, 0.1) is 23.8 Å². The molecule has 4 rings (SSSR count). The summed E-state index contributed by atoms with van der Waals surface area (Å²) in [6.07, 6.45) is -1.90. The van der Waals surface area contributed by atoms with Crippen LogP contribution in [0.15, 0.2) is 35.8 Å². The Kier molecular flexibility index (Phi) is 5.39. The SMILES string of the molecule is CC1(C)CC(=O)C2=C(C1)N(C[C@H]1CCCO1)C(=O)[C@]2(NC(=O)c1cccnc1)C(F)(F)F. The highest BCUT2D eigenvalue weighted by Crippen LogP contribution is 2.52. The molecule has 10 heteroatoms. The lowest BCUT2D eigenvalue weighted by atomic mass is 9.72. The Bertz CT molecular complexity index is 984. The summed E-state index contributed by atoms with van der Waals surface area (Å²) in [5.41, 5.74) is -4.87. The monoisotopic (exact) mass is 451 g/mol. The van der Waals surface area contributed by atoms with Crippen molar-refractivity contribution in [3.63, 3.8) is 0 Å². The average Bonchev–Trinajstić information content (AvgIpc) is 3.29. The van der Waals surface area contributed by atoms with E-state index in [1.54, 1.807) is 13.8 Å². The summed E-state index contributed by atoms with van der Waals surface area (Å²) in [5.74, 6) is -3.29. The second-order valence-corrected chi connectivity index (χ2v) is 9.26. The first-order chi connectivity index (χ1) is 15.0.